The third-order valence-corrected chi connectivity index (χ3v) is 5.60. The lowest BCUT2D eigenvalue weighted by Gasteiger charge is -2.11. The topological polar surface area (TPSA) is 121 Å². The molecule has 0 bridgehead atoms. The molecule has 0 radical (unpaired) electrons. The van der Waals surface area contributed by atoms with E-state index in [-0.39, 0.29) is 13.2 Å². The first-order valence-electron chi connectivity index (χ1n) is 12.9. The molecular formula is C25H54O6. The van der Waals surface area contributed by atoms with E-state index in [1.165, 1.54) is 83.5 Å². The van der Waals surface area contributed by atoms with Gasteiger partial charge in [0.25, 0.3) is 0 Å². The van der Waals surface area contributed by atoms with Crippen molar-refractivity contribution in [3.8, 4) is 0 Å². The summed E-state index contributed by atoms with van der Waals surface area (Å²) < 4.78 is 0. The van der Waals surface area contributed by atoms with Gasteiger partial charge in [-0.15, -0.1) is 0 Å². The molecule has 0 aliphatic rings. The highest BCUT2D eigenvalue weighted by Crippen LogP contribution is 2.14. The lowest BCUT2D eigenvalue weighted by molar-refractivity contribution is -0.124. The molecule has 0 saturated carbocycles. The van der Waals surface area contributed by atoms with Crippen molar-refractivity contribution in [1.29, 1.82) is 0 Å². The molecule has 2 unspecified atom stereocenters. The largest absolute Gasteiger partial charge is 0.396 e. The summed E-state index contributed by atoms with van der Waals surface area (Å²) in [7, 11) is 0. The number of unbranched alkanes of at least 4 members (excludes halogenated alkanes) is 15. The normalized spacial score (nSPS) is 13.2. The molecule has 0 aliphatic carbocycles. The summed E-state index contributed by atoms with van der Waals surface area (Å²) in [5.74, 6) is 0. The van der Waals surface area contributed by atoms with Gasteiger partial charge in [-0.25, -0.2) is 0 Å². The summed E-state index contributed by atoms with van der Waals surface area (Å²) in [6.45, 7) is 2.26. The van der Waals surface area contributed by atoms with Crippen molar-refractivity contribution in [2.45, 2.75) is 147 Å². The zero-order valence-corrected chi connectivity index (χ0v) is 20.3. The Bertz CT molecular complexity index is 314. The Morgan fingerprint density at radius 2 is 0.871 bits per heavy atom. The fraction of sp³-hybridized carbons (Fsp3) is 1.00. The van der Waals surface area contributed by atoms with Crippen molar-refractivity contribution in [3.63, 3.8) is 0 Å². The second-order valence-corrected chi connectivity index (χ2v) is 8.78. The minimum atomic E-state index is -1.58. The first-order valence-corrected chi connectivity index (χ1v) is 12.9. The van der Waals surface area contributed by atoms with Gasteiger partial charge in [-0.3, -0.25) is 0 Å². The maximum atomic E-state index is 9.23. The molecule has 0 heterocycles. The van der Waals surface area contributed by atoms with Crippen molar-refractivity contribution in [2.75, 3.05) is 13.2 Å². The molecule has 0 aliphatic heterocycles. The minimum absolute atomic E-state index is 0.165. The van der Waals surface area contributed by atoms with Gasteiger partial charge in [0, 0.05) is 6.61 Å². The summed E-state index contributed by atoms with van der Waals surface area (Å²) in [6, 6.07) is 0. The van der Waals surface area contributed by atoms with Crippen LogP contribution in [0.25, 0.3) is 0 Å². The van der Waals surface area contributed by atoms with E-state index in [1.807, 2.05) is 0 Å². The van der Waals surface area contributed by atoms with Crippen LogP contribution in [0.15, 0.2) is 0 Å². The summed E-state index contributed by atoms with van der Waals surface area (Å²) in [5, 5.41) is 52.1. The molecule has 0 aromatic heterocycles. The number of aliphatic hydroxyl groups is 6. The molecule has 0 rings (SSSR count). The molecular weight excluding hydrogens is 396 g/mol. The number of aliphatic hydroxyl groups excluding tert-OH is 5. The van der Waals surface area contributed by atoms with Crippen LogP contribution in [-0.4, -0.2) is 62.4 Å². The quantitative estimate of drug-likeness (QED) is 0.107. The van der Waals surface area contributed by atoms with Crippen LogP contribution in [0, 0.1) is 0 Å². The Kier molecular flexibility index (Phi) is 29.5. The zero-order valence-electron chi connectivity index (χ0n) is 20.3. The van der Waals surface area contributed by atoms with Crippen LogP contribution in [0.2, 0.25) is 0 Å². The molecule has 6 nitrogen and oxygen atoms in total. The molecule has 6 N–H and O–H groups in total. The number of hydrogen-bond donors (Lipinski definition) is 6. The van der Waals surface area contributed by atoms with Gasteiger partial charge in [0.1, 0.15) is 6.10 Å². The smallest absolute Gasteiger partial charge is 0.178 e. The van der Waals surface area contributed by atoms with E-state index >= 15 is 0 Å². The Morgan fingerprint density at radius 3 is 1.23 bits per heavy atom. The molecule has 6 heteroatoms. The van der Waals surface area contributed by atoms with E-state index in [4.69, 9.17) is 25.5 Å². The minimum Gasteiger partial charge on any atom is -0.396 e. The monoisotopic (exact) mass is 450 g/mol. The number of hydrogen-bond acceptors (Lipinski definition) is 6. The van der Waals surface area contributed by atoms with E-state index in [9.17, 15) is 5.11 Å². The zero-order chi connectivity index (χ0) is 23.6. The van der Waals surface area contributed by atoms with Crippen LogP contribution in [-0.2, 0) is 0 Å². The van der Waals surface area contributed by atoms with Crippen LogP contribution in [0.5, 0.6) is 0 Å². The lowest BCUT2D eigenvalue weighted by Crippen LogP contribution is -2.24. The third kappa shape index (κ3) is 29.8. The van der Waals surface area contributed by atoms with Crippen molar-refractivity contribution in [1.82, 2.24) is 0 Å². The average Bonchev–Trinajstić information content (AvgIpc) is 2.76. The number of rotatable bonds is 22. The van der Waals surface area contributed by atoms with Gasteiger partial charge in [0.05, 0.1) is 12.7 Å². The fourth-order valence-electron chi connectivity index (χ4n) is 3.46. The highest BCUT2D eigenvalue weighted by atomic mass is 16.5. The van der Waals surface area contributed by atoms with Crippen LogP contribution >= 0.6 is 0 Å². The molecule has 0 fully saturated rings. The van der Waals surface area contributed by atoms with Crippen molar-refractivity contribution < 1.29 is 30.6 Å². The lowest BCUT2D eigenvalue weighted by atomic mass is 10.0. The van der Waals surface area contributed by atoms with Gasteiger partial charge in [-0.2, -0.15) is 0 Å². The van der Waals surface area contributed by atoms with Crippen LogP contribution in [0.1, 0.15) is 129 Å². The summed E-state index contributed by atoms with van der Waals surface area (Å²) in [4.78, 5) is 0. The molecule has 2 atom stereocenters. The van der Waals surface area contributed by atoms with Gasteiger partial charge in [0.15, 0.2) is 6.29 Å². The molecule has 190 valence electrons. The third-order valence-electron chi connectivity index (χ3n) is 5.60. The van der Waals surface area contributed by atoms with Crippen LogP contribution < -0.4 is 0 Å². The van der Waals surface area contributed by atoms with Crippen molar-refractivity contribution in [2.24, 2.45) is 0 Å². The van der Waals surface area contributed by atoms with E-state index in [1.54, 1.807) is 0 Å². The maximum absolute atomic E-state index is 9.23. The van der Waals surface area contributed by atoms with E-state index in [2.05, 4.69) is 6.92 Å². The van der Waals surface area contributed by atoms with Gasteiger partial charge in [-0.05, 0) is 25.7 Å². The molecule has 0 aromatic carbocycles. The Labute approximate surface area is 191 Å². The highest BCUT2D eigenvalue weighted by Gasteiger charge is 2.11. The Morgan fingerprint density at radius 1 is 0.484 bits per heavy atom. The summed E-state index contributed by atoms with van der Waals surface area (Å²) in [6.07, 6.45) is 19.1. The van der Waals surface area contributed by atoms with Gasteiger partial charge < -0.3 is 30.6 Å². The summed E-state index contributed by atoms with van der Waals surface area (Å²) >= 11 is 0. The van der Waals surface area contributed by atoms with Gasteiger partial charge in [-0.1, -0.05) is 103 Å². The highest BCUT2D eigenvalue weighted by molar-refractivity contribution is 4.57. The van der Waals surface area contributed by atoms with E-state index in [0.29, 0.717) is 19.3 Å². The first-order chi connectivity index (χ1) is 15.0. The molecule has 0 spiro atoms. The standard InChI is InChI=1S/C19H40O3.C6H14O3/c1-2-3-4-5-6-7-8-9-10-11-12-13-14-15-16-17-18(20)19(21)22;7-4-2-1-3-6(9)5-8/h18-22H,2-17H2,1H3;6-9H,1-5H2. The van der Waals surface area contributed by atoms with E-state index in [0.717, 1.165) is 19.3 Å². The molecule has 0 aromatic rings. The Balaban J connectivity index is 0. The van der Waals surface area contributed by atoms with Crippen LogP contribution in [0.4, 0.5) is 0 Å². The molecule has 31 heavy (non-hydrogen) atoms. The van der Waals surface area contributed by atoms with Crippen LogP contribution in [0.3, 0.4) is 0 Å². The Hall–Kier alpha value is -0.240. The summed E-state index contributed by atoms with van der Waals surface area (Å²) in [5.41, 5.74) is 0. The van der Waals surface area contributed by atoms with Crippen molar-refractivity contribution >= 4 is 0 Å². The second-order valence-electron chi connectivity index (χ2n) is 8.78. The average molecular weight is 451 g/mol. The predicted octanol–water partition coefficient (Wildman–Crippen LogP) is 4.42. The van der Waals surface area contributed by atoms with E-state index < -0.39 is 18.5 Å². The molecule has 0 amide bonds. The second kappa shape index (κ2) is 27.8. The fourth-order valence-corrected chi connectivity index (χ4v) is 3.46. The predicted molar refractivity (Wildman–Crippen MR) is 128 cm³/mol. The van der Waals surface area contributed by atoms with Gasteiger partial charge >= 0.3 is 0 Å². The molecule has 0 saturated heterocycles. The van der Waals surface area contributed by atoms with Crippen molar-refractivity contribution in [3.05, 3.63) is 0 Å². The maximum Gasteiger partial charge on any atom is 0.178 e. The SMILES string of the molecule is CCCCCCCCCCCCCCCCCC(O)C(O)O.OCCCCC(O)CO. The van der Waals surface area contributed by atoms with Gasteiger partial charge in [0.2, 0.25) is 0 Å². The first kappa shape index (κ1) is 32.9.